The fourth-order valence-corrected chi connectivity index (χ4v) is 3.60. The van der Waals surface area contributed by atoms with Gasteiger partial charge in [-0.15, -0.1) is 6.58 Å². The first-order chi connectivity index (χ1) is 16.9. The first-order valence-electron chi connectivity index (χ1n) is 12.5. The third-order valence-electron chi connectivity index (χ3n) is 5.35. The number of nitrogens with two attached hydrogens (primary N) is 1. The molecule has 0 radical (unpaired) electrons. The van der Waals surface area contributed by atoms with Crippen LogP contribution < -0.4 is 16.4 Å². The van der Waals surface area contributed by atoms with Gasteiger partial charge in [-0.1, -0.05) is 57.0 Å². The predicted molar refractivity (Wildman–Crippen MR) is 140 cm³/mol. The van der Waals surface area contributed by atoms with Gasteiger partial charge in [0.05, 0.1) is 6.42 Å². The lowest BCUT2D eigenvalue weighted by Gasteiger charge is -2.33. The van der Waals surface area contributed by atoms with Crippen molar-refractivity contribution in [3.63, 3.8) is 0 Å². The molecule has 0 saturated heterocycles. The van der Waals surface area contributed by atoms with Gasteiger partial charge in [-0.25, -0.2) is 4.79 Å². The third-order valence-corrected chi connectivity index (χ3v) is 5.35. The van der Waals surface area contributed by atoms with E-state index >= 15 is 0 Å². The highest BCUT2D eigenvalue weighted by atomic mass is 16.6. The molecule has 0 spiro atoms. The van der Waals surface area contributed by atoms with Gasteiger partial charge >= 0.3 is 6.09 Å². The van der Waals surface area contributed by atoms with Crippen molar-refractivity contribution in [1.29, 1.82) is 0 Å². The van der Waals surface area contributed by atoms with Gasteiger partial charge in [-0.2, -0.15) is 0 Å². The summed E-state index contributed by atoms with van der Waals surface area (Å²) in [5, 5.41) is 5.37. The molecule has 9 heteroatoms. The van der Waals surface area contributed by atoms with E-state index < -0.39 is 42.0 Å². The summed E-state index contributed by atoms with van der Waals surface area (Å²) in [6, 6.07) is 5.11. The average Bonchev–Trinajstić information content (AvgIpc) is 2.79. The predicted octanol–water partition coefficient (Wildman–Crippen LogP) is 3.38. The van der Waals surface area contributed by atoms with Gasteiger partial charge in [-0.05, 0) is 44.7 Å². The highest BCUT2D eigenvalue weighted by molar-refractivity contribution is 5.94. The number of nitrogens with one attached hydrogen (secondary N) is 2. The Hall–Kier alpha value is -3.36. The van der Waals surface area contributed by atoms with Crippen LogP contribution in [0, 0.1) is 0 Å². The molecule has 0 fully saturated rings. The molecule has 0 saturated carbocycles. The lowest BCUT2D eigenvalue weighted by atomic mass is 10.00. The van der Waals surface area contributed by atoms with Crippen LogP contribution in [-0.4, -0.2) is 53.4 Å². The van der Waals surface area contributed by atoms with Crippen molar-refractivity contribution < 1.29 is 23.9 Å². The number of aryl methyl sites for hydroxylation is 1. The minimum atomic E-state index is -1.32. The molecule has 0 aliphatic heterocycles. The zero-order valence-corrected chi connectivity index (χ0v) is 22.3. The van der Waals surface area contributed by atoms with Gasteiger partial charge < -0.3 is 26.0 Å². The lowest BCUT2D eigenvalue weighted by molar-refractivity contribution is -0.142. The van der Waals surface area contributed by atoms with Gasteiger partial charge in [0.2, 0.25) is 17.7 Å². The van der Waals surface area contributed by atoms with E-state index in [0.29, 0.717) is 12.1 Å². The van der Waals surface area contributed by atoms with Crippen molar-refractivity contribution in [1.82, 2.24) is 15.5 Å². The minimum Gasteiger partial charge on any atom is -0.444 e. The van der Waals surface area contributed by atoms with Gasteiger partial charge in [0.25, 0.3) is 0 Å². The Morgan fingerprint density at radius 1 is 1.11 bits per heavy atom. The van der Waals surface area contributed by atoms with Gasteiger partial charge in [-0.3, -0.25) is 14.4 Å². The number of unbranched alkanes of at least 4 members (excludes halogenated alkanes) is 2. The Bertz CT molecular complexity index is 892. The molecule has 1 aromatic rings. The molecule has 1 rings (SSSR count). The number of carbonyl (C=O) groups excluding carboxylic acids is 4. The second kappa shape index (κ2) is 14.9. The largest absolute Gasteiger partial charge is 0.444 e. The normalized spacial score (nSPS) is 12.7. The molecule has 9 nitrogen and oxygen atoms in total. The summed E-state index contributed by atoms with van der Waals surface area (Å²) < 4.78 is 5.26. The number of hydrogen-bond acceptors (Lipinski definition) is 5. The number of ether oxygens (including phenoxy) is 1. The number of hydrogen-bond donors (Lipinski definition) is 3. The quantitative estimate of drug-likeness (QED) is 0.265. The molecule has 36 heavy (non-hydrogen) atoms. The SMILES string of the molecule is C=CCN(C(=O)C(CC(N)=O)NC(=O)OC(C)(C)C)C(C(=O)NCCCCC)c1ccc(CC)cc1. The zero-order chi connectivity index (χ0) is 27.3. The summed E-state index contributed by atoms with van der Waals surface area (Å²) in [6.45, 7) is 13.3. The van der Waals surface area contributed by atoms with E-state index in [9.17, 15) is 19.2 Å². The van der Waals surface area contributed by atoms with E-state index in [4.69, 9.17) is 10.5 Å². The first-order valence-corrected chi connectivity index (χ1v) is 12.5. The van der Waals surface area contributed by atoms with Crippen molar-refractivity contribution in [2.45, 2.75) is 84.4 Å². The van der Waals surface area contributed by atoms with Gasteiger partial charge in [0.15, 0.2) is 0 Å². The number of rotatable bonds is 14. The summed E-state index contributed by atoms with van der Waals surface area (Å²) in [7, 11) is 0. The van der Waals surface area contributed by atoms with Crippen molar-refractivity contribution >= 4 is 23.8 Å². The molecule has 200 valence electrons. The van der Waals surface area contributed by atoms with E-state index in [0.717, 1.165) is 31.2 Å². The van der Waals surface area contributed by atoms with E-state index in [1.165, 1.54) is 11.0 Å². The van der Waals surface area contributed by atoms with E-state index in [1.54, 1.807) is 20.8 Å². The topological polar surface area (TPSA) is 131 Å². The maximum absolute atomic E-state index is 13.7. The summed E-state index contributed by atoms with van der Waals surface area (Å²) in [4.78, 5) is 52.6. The van der Waals surface area contributed by atoms with Gasteiger partial charge in [0.1, 0.15) is 17.7 Å². The number of amides is 4. The first kappa shape index (κ1) is 30.7. The van der Waals surface area contributed by atoms with Crippen LogP contribution in [0.25, 0.3) is 0 Å². The lowest BCUT2D eigenvalue weighted by Crippen LogP contribution is -2.54. The molecule has 4 amide bonds. The number of nitrogens with zero attached hydrogens (tertiary/aromatic N) is 1. The average molecular weight is 503 g/mol. The van der Waals surface area contributed by atoms with Crippen LogP contribution in [0.15, 0.2) is 36.9 Å². The molecule has 0 bridgehead atoms. The number of carbonyl (C=O) groups is 4. The fourth-order valence-electron chi connectivity index (χ4n) is 3.60. The minimum absolute atomic E-state index is 0.00662. The maximum Gasteiger partial charge on any atom is 0.408 e. The van der Waals surface area contributed by atoms with Crippen molar-refractivity contribution in [3.8, 4) is 0 Å². The summed E-state index contributed by atoms with van der Waals surface area (Å²) in [5.74, 6) is -1.79. The van der Waals surface area contributed by atoms with Gasteiger partial charge in [0, 0.05) is 13.1 Å². The Morgan fingerprint density at radius 2 is 1.75 bits per heavy atom. The molecule has 4 N–H and O–H groups in total. The van der Waals surface area contributed by atoms with Crippen LogP contribution in [0.2, 0.25) is 0 Å². The maximum atomic E-state index is 13.7. The molecule has 0 aliphatic carbocycles. The van der Waals surface area contributed by atoms with E-state index in [2.05, 4.69) is 24.1 Å². The number of benzene rings is 1. The molecule has 2 atom stereocenters. The number of alkyl carbamates (subject to hydrolysis) is 1. The molecular formula is C27H42N4O5. The zero-order valence-electron chi connectivity index (χ0n) is 22.3. The summed E-state index contributed by atoms with van der Waals surface area (Å²) in [6.07, 6.45) is 3.77. The van der Waals surface area contributed by atoms with Crippen molar-refractivity contribution in [2.24, 2.45) is 5.73 Å². The Labute approximate surface area is 214 Å². The van der Waals surface area contributed by atoms with Crippen LogP contribution in [0.3, 0.4) is 0 Å². The van der Waals surface area contributed by atoms with Crippen LogP contribution in [0.1, 0.15) is 77.5 Å². The summed E-state index contributed by atoms with van der Waals surface area (Å²) >= 11 is 0. The standard InChI is InChI=1S/C27H42N4O5/c1-7-10-11-16-29-24(33)23(20-14-12-19(9-3)13-15-20)31(17-8-2)25(34)21(18-22(28)32)30-26(35)36-27(4,5)6/h8,12-15,21,23H,2,7,9-11,16-18H2,1,3-6H3,(H2,28,32)(H,29,33)(H,30,35). The molecule has 0 heterocycles. The molecule has 1 aromatic carbocycles. The van der Waals surface area contributed by atoms with Crippen LogP contribution >= 0.6 is 0 Å². The Balaban J connectivity index is 3.38. The van der Waals surface area contributed by atoms with Crippen LogP contribution in [-0.2, 0) is 25.5 Å². The molecule has 0 aliphatic rings. The second-order valence-electron chi connectivity index (χ2n) is 9.64. The van der Waals surface area contributed by atoms with Crippen molar-refractivity contribution in [2.75, 3.05) is 13.1 Å². The van der Waals surface area contributed by atoms with E-state index in [-0.39, 0.29) is 12.5 Å². The second-order valence-corrected chi connectivity index (χ2v) is 9.64. The Morgan fingerprint density at radius 3 is 2.25 bits per heavy atom. The fraction of sp³-hybridized carbons (Fsp3) is 0.556. The monoisotopic (exact) mass is 502 g/mol. The van der Waals surface area contributed by atoms with Crippen molar-refractivity contribution in [3.05, 3.63) is 48.0 Å². The molecule has 0 aromatic heterocycles. The smallest absolute Gasteiger partial charge is 0.408 e. The van der Waals surface area contributed by atoms with Crippen LogP contribution in [0.5, 0.6) is 0 Å². The molecular weight excluding hydrogens is 460 g/mol. The number of primary amides is 1. The molecule has 2 unspecified atom stereocenters. The Kier molecular flexibility index (Phi) is 12.7. The summed E-state index contributed by atoms with van der Waals surface area (Å²) in [5.41, 5.74) is 6.25. The van der Waals surface area contributed by atoms with Crippen LogP contribution in [0.4, 0.5) is 4.79 Å². The highest BCUT2D eigenvalue weighted by Crippen LogP contribution is 2.24. The van der Waals surface area contributed by atoms with E-state index in [1.807, 2.05) is 31.2 Å². The third kappa shape index (κ3) is 10.5. The highest BCUT2D eigenvalue weighted by Gasteiger charge is 2.36.